The minimum absolute atomic E-state index is 0.0699. The topological polar surface area (TPSA) is 75.7 Å². The van der Waals surface area contributed by atoms with Crippen molar-refractivity contribution < 1.29 is 22.3 Å². The van der Waals surface area contributed by atoms with Gasteiger partial charge in [-0.2, -0.15) is 0 Å². The Kier molecular flexibility index (Phi) is 6.82. The van der Waals surface area contributed by atoms with E-state index in [0.717, 1.165) is 4.31 Å². The summed E-state index contributed by atoms with van der Waals surface area (Å²) in [5.74, 6) is -0.893. The van der Waals surface area contributed by atoms with Crippen molar-refractivity contribution in [2.24, 2.45) is 0 Å². The minimum Gasteiger partial charge on any atom is -0.495 e. The molecule has 0 aliphatic carbocycles. The van der Waals surface area contributed by atoms with Gasteiger partial charge in [0.2, 0.25) is 5.91 Å². The molecule has 162 valence electrons. The van der Waals surface area contributed by atoms with Gasteiger partial charge in [0.1, 0.15) is 23.0 Å². The van der Waals surface area contributed by atoms with Gasteiger partial charge in [0.05, 0.1) is 12.8 Å². The fraction of sp³-hybridized carbons (Fsp3) is 0.136. The van der Waals surface area contributed by atoms with Crippen molar-refractivity contribution in [2.45, 2.75) is 11.8 Å². The van der Waals surface area contributed by atoms with Crippen molar-refractivity contribution in [2.75, 3.05) is 23.3 Å². The van der Waals surface area contributed by atoms with Gasteiger partial charge in [0.25, 0.3) is 10.0 Å². The van der Waals surface area contributed by atoms with Gasteiger partial charge in [-0.1, -0.05) is 17.7 Å². The summed E-state index contributed by atoms with van der Waals surface area (Å²) in [6.45, 7) is 1.24. The average Bonchev–Trinajstić information content (AvgIpc) is 2.74. The Morgan fingerprint density at radius 2 is 1.71 bits per heavy atom. The molecule has 1 N–H and O–H groups in total. The highest BCUT2D eigenvalue weighted by Gasteiger charge is 2.30. The molecule has 0 aromatic heterocycles. The smallest absolute Gasteiger partial charge is 0.268 e. The molecular weight excluding hydrogens is 443 g/mol. The quantitative estimate of drug-likeness (QED) is 0.555. The number of sulfonamides is 1. The van der Waals surface area contributed by atoms with Crippen LogP contribution < -0.4 is 14.4 Å². The molecular formula is C22H20ClFN2O4S. The van der Waals surface area contributed by atoms with Crippen LogP contribution in [0, 0.1) is 12.7 Å². The van der Waals surface area contributed by atoms with Crippen LogP contribution in [0.15, 0.2) is 71.6 Å². The number of carbonyl (C=O) groups excluding carboxylic acids is 1. The van der Waals surface area contributed by atoms with Gasteiger partial charge in [-0.15, -0.1) is 0 Å². The Labute approximate surface area is 185 Å². The van der Waals surface area contributed by atoms with Gasteiger partial charge in [0.15, 0.2) is 0 Å². The molecule has 0 unspecified atom stereocenters. The van der Waals surface area contributed by atoms with Crippen LogP contribution in [-0.4, -0.2) is 28.0 Å². The zero-order chi connectivity index (χ0) is 22.6. The molecule has 0 fully saturated rings. The van der Waals surface area contributed by atoms with Crippen LogP contribution in [0.25, 0.3) is 0 Å². The lowest BCUT2D eigenvalue weighted by atomic mass is 10.2. The van der Waals surface area contributed by atoms with Crippen molar-refractivity contribution in [3.05, 3.63) is 83.1 Å². The Bertz CT molecular complexity index is 1180. The molecule has 0 heterocycles. The first-order valence-corrected chi connectivity index (χ1v) is 11.0. The third-order valence-corrected chi connectivity index (χ3v) is 6.46. The molecule has 0 saturated carbocycles. The summed E-state index contributed by atoms with van der Waals surface area (Å²) >= 11 is 5.94. The van der Waals surface area contributed by atoms with E-state index in [4.69, 9.17) is 16.3 Å². The number of amides is 1. The number of methoxy groups -OCH3 is 1. The Balaban J connectivity index is 2.00. The average molecular weight is 463 g/mol. The molecule has 0 saturated heterocycles. The molecule has 0 aliphatic rings. The predicted molar refractivity (Wildman–Crippen MR) is 119 cm³/mol. The lowest BCUT2D eigenvalue weighted by Crippen LogP contribution is -2.38. The number of hydrogen-bond acceptors (Lipinski definition) is 4. The van der Waals surface area contributed by atoms with Crippen LogP contribution in [-0.2, 0) is 14.8 Å². The monoisotopic (exact) mass is 462 g/mol. The van der Waals surface area contributed by atoms with E-state index in [9.17, 15) is 17.6 Å². The molecule has 3 aromatic carbocycles. The highest BCUT2D eigenvalue weighted by Crippen LogP contribution is 2.31. The molecule has 9 heteroatoms. The fourth-order valence-electron chi connectivity index (χ4n) is 2.89. The normalized spacial score (nSPS) is 11.1. The Hall–Kier alpha value is -3.10. The number of anilines is 2. The van der Waals surface area contributed by atoms with Crippen molar-refractivity contribution in [3.63, 3.8) is 0 Å². The molecule has 0 spiro atoms. The molecule has 0 radical (unpaired) electrons. The third-order valence-electron chi connectivity index (χ3n) is 4.42. The molecule has 0 atom stereocenters. The third kappa shape index (κ3) is 5.34. The summed E-state index contributed by atoms with van der Waals surface area (Å²) in [5.41, 5.74) is 1.31. The maximum Gasteiger partial charge on any atom is 0.268 e. The summed E-state index contributed by atoms with van der Waals surface area (Å²) < 4.78 is 46.5. The molecule has 3 aromatic rings. The maximum atomic E-state index is 13.6. The number of nitrogens with one attached hydrogen (secondary N) is 1. The van der Waals surface area contributed by atoms with Crippen molar-refractivity contribution in [1.29, 1.82) is 0 Å². The largest absolute Gasteiger partial charge is 0.495 e. The number of aryl methyl sites for hydroxylation is 1. The summed E-state index contributed by atoms with van der Waals surface area (Å²) in [7, 11) is -2.81. The molecule has 31 heavy (non-hydrogen) atoms. The standard InChI is InChI=1S/C22H20ClFN2O4S/c1-15-3-12-20(30-2)21(13-15)31(28,29)26(19-10-4-16(23)5-11-19)14-22(27)25-18-8-6-17(24)7-9-18/h3-13H,14H2,1-2H3,(H,25,27). The van der Waals surface area contributed by atoms with E-state index in [2.05, 4.69) is 5.32 Å². The summed E-state index contributed by atoms with van der Waals surface area (Å²) in [6.07, 6.45) is 0. The lowest BCUT2D eigenvalue weighted by Gasteiger charge is -2.25. The Morgan fingerprint density at radius 1 is 1.06 bits per heavy atom. The second-order valence-corrected chi connectivity index (χ2v) is 8.96. The number of benzene rings is 3. The van der Waals surface area contributed by atoms with Gasteiger partial charge in [0, 0.05) is 10.7 Å². The van der Waals surface area contributed by atoms with Gasteiger partial charge in [-0.25, -0.2) is 12.8 Å². The van der Waals surface area contributed by atoms with Gasteiger partial charge < -0.3 is 10.1 Å². The fourth-order valence-corrected chi connectivity index (χ4v) is 4.68. The van der Waals surface area contributed by atoms with E-state index in [1.165, 1.54) is 61.7 Å². The highest BCUT2D eigenvalue weighted by atomic mass is 35.5. The zero-order valence-corrected chi connectivity index (χ0v) is 18.4. The predicted octanol–water partition coefficient (Wildman–Crippen LogP) is 4.63. The van der Waals surface area contributed by atoms with Crippen LogP contribution in [0.1, 0.15) is 5.56 Å². The van der Waals surface area contributed by atoms with E-state index >= 15 is 0 Å². The molecule has 3 rings (SSSR count). The van der Waals surface area contributed by atoms with Crippen molar-refractivity contribution in [1.82, 2.24) is 0 Å². The van der Waals surface area contributed by atoms with Gasteiger partial charge in [-0.3, -0.25) is 9.10 Å². The number of ether oxygens (including phenoxy) is 1. The van der Waals surface area contributed by atoms with Crippen LogP contribution in [0.2, 0.25) is 5.02 Å². The second-order valence-electron chi connectivity index (χ2n) is 6.70. The van der Waals surface area contributed by atoms with E-state index in [1.54, 1.807) is 19.1 Å². The van der Waals surface area contributed by atoms with E-state index in [1.807, 2.05) is 0 Å². The SMILES string of the molecule is COc1ccc(C)cc1S(=O)(=O)N(CC(=O)Nc1ccc(F)cc1)c1ccc(Cl)cc1. The number of rotatable bonds is 7. The first-order valence-electron chi connectivity index (χ1n) is 9.19. The highest BCUT2D eigenvalue weighted by molar-refractivity contribution is 7.93. The summed E-state index contributed by atoms with van der Waals surface area (Å²) in [5, 5.41) is 3.00. The van der Waals surface area contributed by atoms with Gasteiger partial charge in [-0.05, 0) is 73.2 Å². The molecule has 0 bridgehead atoms. The molecule has 6 nitrogen and oxygen atoms in total. The maximum absolute atomic E-state index is 13.6. The second kappa shape index (κ2) is 9.36. The van der Waals surface area contributed by atoms with Crippen molar-refractivity contribution >= 4 is 38.9 Å². The van der Waals surface area contributed by atoms with E-state index < -0.39 is 28.3 Å². The number of carbonyl (C=O) groups is 1. The van der Waals surface area contributed by atoms with E-state index in [-0.39, 0.29) is 16.3 Å². The van der Waals surface area contributed by atoms with Crippen LogP contribution in [0.5, 0.6) is 5.75 Å². The van der Waals surface area contributed by atoms with Crippen LogP contribution in [0.3, 0.4) is 0 Å². The van der Waals surface area contributed by atoms with E-state index in [0.29, 0.717) is 16.3 Å². The lowest BCUT2D eigenvalue weighted by molar-refractivity contribution is -0.114. The molecule has 1 amide bonds. The Morgan fingerprint density at radius 3 is 2.32 bits per heavy atom. The number of halogens is 2. The first-order chi connectivity index (χ1) is 14.7. The minimum atomic E-state index is -4.18. The summed E-state index contributed by atoms with van der Waals surface area (Å²) in [4.78, 5) is 12.6. The number of hydrogen-bond donors (Lipinski definition) is 1. The first kappa shape index (κ1) is 22.6. The van der Waals surface area contributed by atoms with Crippen molar-refractivity contribution in [3.8, 4) is 5.75 Å². The van der Waals surface area contributed by atoms with Crippen LogP contribution in [0.4, 0.5) is 15.8 Å². The van der Waals surface area contributed by atoms with Gasteiger partial charge >= 0.3 is 0 Å². The summed E-state index contributed by atoms with van der Waals surface area (Å²) in [6, 6.07) is 16.0. The van der Waals surface area contributed by atoms with Crippen LogP contribution >= 0.6 is 11.6 Å². The molecule has 0 aliphatic heterocycles. The number of nitrogens with zero attached hydrogens (tertiary/aromatic N) is 1. The zero-order valence-electron chi connectivity index (χ0n) is 16.8.